The Hall–Kier alpha value is -1.95. The van der Waals surface area contributed by atoms with Gasteiger partial charge in [-0.2, -0.15) is 9.78 Å². The van der Waals surface area contributed by atoms with Crippen LogP contribution in [0, 0.1) is 0 Å². The molecule has 0 aliphatic rings. The van der Waals surface area contributed by atoms with Gasteiger partial charge >= 0.3 is 0 Å². The largest absolute Gasteiger partial charge is 0.495 e. The summed E-state index contributed by atoms with van der Waals surface area (Å²) in [7, 11) is 1.47. The molecule has 30 heavy (non-hydrogen) atoms. The Morgan fingerprint density at radius 1 is 0.800 bits per heavy atom. The highest BCUT2D eigenvalue weighted by molar-refractivity contribution is 6.43. The van der Waals surface area contributed by atoms with E-state index in [1.165, 1.54) is 23.9 Å². The molecule has 4 rings (SSSR count). The molecule has 0 fully saturated rings. The molecule has 0 bridgehead atoms. The lowest BCUT2D eigenvalue weighted by Gasteiger charge is -2.14. The topological polar surface area (TPSA) is 44.1 Å². The fourth-order valence-corrected chi connectivity index (χ4v) is 4.05. The monoisotopic (exact) mass is 498 g/mol. The predicted octanol–water partition coefficient (Wildman–Crippen LogP) is 7.33. The zero-order valence-corrected chi connectivity index (χ0v) is 19.0. The Labute approximate surface area is 196 Å². The van der Waals surface area contributed by atoms with Crippen LogP contribution in [0.5, 0.6) is 5.75 Å². The second kappa shape index (κ2) is 8.29. The molecule has 9 heteroatoms. The molecular weight excluding hydrogens is 490 g/mol. The van der Waals surface area contributed by atoms with Crippen LogP contribution in [-0.4, -0.2) is 16.9 Å². The molecule has 0 unspecified atom stereocenters. The van der Waals surface area contributed by atoms with Gasteiger partial charge in [0.05, 0.1) is 44.0 Å². The highest BCUT2D eigenvalue weighted by Gasteiger charge is 2.18. The van der Waals surface area contributed by atoms with Gasteiger partial charge in [-0.05, 0) is 30.3 Å². The average molecular weight is 501 g/mol. The molecule has 0 spiro atoms. The van der Waals surface area contributed by atoms with Crippen LogP contribution >= 0.6 is 58.0 Å². The third-order valence-corrected chi connectivity index (χ3v) is 6.08. The Morgan fingerprint density at radius 3 is 2.07 bits per heavy atom. The second-order valence-corrected chi connectivity index (χ2v) is 8.39. The minimum Gasteiger partial charge on any atom is -0.495 e. The molecule has 1 aromatic heterocycles. The third kappa shape index (κ3) is 3.75. The van der Waals surface area contributed by atoms with Crippen LogP contribution in [0.15, 0.2) is 53.3 Å². The van der Waals surface area contributed by atoms with Crippen molar-refractivity contribution in [3.8, 4) is 22.7 Å². The lowest BCUT2D eigenvalue weighted by atomic mass is 10.0. The number of methoxy groups -OCH3 is 1. The highest BCUT2D eigenvalue weighted by Crippen LogP contribution is 2.35. The van der Waals surface area contributed by atoms with Crippen LogP contribution in [0.3, 0.4) is 0 Å². The van der Waals surface area contributed by atoms with Crippen molar-refractivity contribution in [2.45, 2.75) is 0 Å². The standard InChI is InChI=1S/C21H11Cl5N2O2/c1-30-19-9-18(16(25)8-17(19)26)28-21(29)13-7-15(24)14(23)6-12(13)20(27-28)10-2-4-11(22)5-3-10/h2-9H,1H3. The van der Waals surface area contributed by atoms with Crippen molar-refractivity contribution in [3.63, 3.8) is 0 Å². The number of fused-ring (bicyclic) bond motifs is 1. The summed E-state index contributed by atoms with van der Waals surface area (Å²) in [5.74, 6) is 0.354. The van der Waals surface area contributed by atoms with Gasteiger partial charge in [-0.15, -0.1) is 0 Å². The summed E-state index contributed by atoms with van der Waals surface area (Å²) in [6, 6.07) is 13.2. The fraction of sp³-hybridized carbons (Fsp3) is 0.0476. The van der Waals surface area contributed by atoms with E-state index in [0.717, 1.165) is 5.56 Å². The Kier molecular flexibility index (Phi) is 5.88. The van der Waals surface area contributed by atoms with Gasteiger partial charge in [0.1, 0.15) is 5.75 Å². The van der Waals surface area contributed by atoms with Crippen LogP contribution in [0.1, 0.15) is 0 Å². The van der Waals surface area contributed by atoms with Gasteiger partial charge in [0.15, 0.2) is 0 Å². The molecule has 0 radical (unpaired) electrons. The summed E-state index contributed by atoms with van der Waals surface area (Å²) < 4.78 is 6.46. The number of hydrogen-bond acceptors (Lipinski definition) is 3. The Balaban J connectivity index is 2.12. The maximum atomic E-state index is 13.3. The lowest BCUT2D eigenvalue weighted by Crippen LogP contribution is -2.22. The number of nitrogens with zero attached hydrogens (tertiary/aromatic N) is 2. The van der Waals surface area contributed by atoms with Crippen LogP contribution in [-0.2, 0) is 0 Å². The van der Waals surface area contributed by atoms with Gasteiger partial charge in [-0.1, -0.05) is 70.1 Å². The highest BCUT2D eigenvalue weighted by atomic mass is 35.5. The summed E-state index contributed by atoms with van der Waals surface area (Å²) in [6.45, 7) is 0. The Morgan fingerprint density at radius 2 is 1.43 bits per heavy atom. The van der Waals surface area contributed by atoms with Crippen LogP contribution < -0.4 is 10.3 Å². The minimum atomic E-state index is -0.424. The van der Waals surface area contributed by atoms with Crippen molar-refractivity contribution < 1.29 is 4.74 Å². The van der Waals surface area contributed by atoms with Crippen molar-refractivity contribution in [3.05, 3.63) is 84.0 Å². The lowest BCUT2D eigenvalue weighted by molar-refractivity contribution is 0.414. The average Bonchev–Trinajstić information content (AvgIpc) is 2.71. The van der Waals surface area contributed by atoms with Gasteiger partial charge in [-0.25, -0.2) is 0 Å². The van der Waals surface area contributed by atoms with Gasteiger partial charge < -0.3 is 4.74 Å². The molecule has 0 saturated carbocycles. The molecule has 0 aliphatic heterocycles. The first-order valence-electron chi connectivity index (χ1n) is 8.51. The van der Waals surface area contributed by atoms with E-state index >= 15 is 0 Å². The van der Waals surface area contributed by atoms with E-state index in [4.69, 9.17) is 62.7 Å². The van der Waals surface area contributed by atoms with Crippen molar-refractivity contribution in [2.75, 3.05) is 7.11 Å². The van der Waals surface area contributed by atoms with Gasteiger partial charge in [0.25, 0.3) is 5.56 Å². The number of rotatable bonds is 3. The first kappa shape index (κ1) is 21.3. The number of aromatic nitrogens is 2. The smallest absolute Gasteiger partial charge is 0.279 e. The van der Waals surface area contributed by atoms with E-state index in [1.807, 2.05) is 0 Å². The molecule has 4 aromatic rings. The number of ether oxygens (including phenoxy) is 1. The second-order valence-electron chi connectivity index (χ2n) is 6.32. The first-order valence-corrected chi connectivity index (χ1v) is 10.4. The summed E-state index contributed by atoms with van der Waals surface area (Å²) in [6.07, 6.45) is 0. The summed E-state index contributed by atoms with van der Waals surface area (Å²) in [4.78, 5) is 13.3. The summed E-state index contributed by atoms with van der Waals surface area (Å²) in [5, 5.41) is 7.14. The van der Waals surface area contributed by atoms with E-state index in [0.29, 0.717) is 43.0 Å². The number of halogens is 5. The minimum absolute atomic E-state index is 0.233. The molecule has 0 amide bonds. The van der Waals surface area contributed by atoms with Crippen LogP contribution in [0.2, 0.25) is 25.1 Å². The Bertz CT molecular complexity index is 1350. The normalized spacial score (nSPS) is 11.1. The third-order valence-electron chi connectivity index (χ3n) is 4.51. The van der Waals surface area contributed by atoms with E-state index in [1.54, 1.807) is 36.4 Å². The van der Waals surface area contributed by atoms with E-state index < -0.39 is 5.56 Å². The predicted molar refractivity (Wildman–Crippen MR) is 124 cm³/mol. The van der Waals surface area contributed by atoms with Crippen molar-refractivity contribution in [2.24, 2.45) is 0 Å². The zero-order valence-electron chi connectivity index (χ0n) is 15.2. The summed E-state index contributed by atoms with van der Waals surface area (Å²) in [5.41, 5.74) is 1.12. The number of benzene rings is 3. The molecule has 0 aliphatic carbocycles. The van der Waals surface area contributed by atoms with Crippen LogP contribution in [0.4, 0.5) is 0 Å². The zero-order chi connectivity index (χ0) is 21.6. The molecule has 0 atom stereocenters. The molecule has 0 N–H and O–H groups in total. The number of hydrogen-bond donors (Lipinski definition) is 0. The molecule has 1 heterocycles. The van der Waals surface area contributed by atoms with Gasteiger partial charge in [-0.3, -0.25) is 4.79 Å². The molecule has 0 saturated heterocycles. The van der Waals surface area contributed by atoms with Crippen molar-refractivity contribution in [1.29, 1.82) is 0 Å². The molecular formula is C21H11Cl5N2O2. The molecule has 4 nitrogen and oxygen atoms in total. The van der Waals surface area contributed by atoms with Crippen LogP contribution in [0.25, 0.3) is 27.7 Å². The van der Waals surface area contributed by atoms with E-state index in [9.17, 15) is 4.79 Å². The maximum Gasteiger partial charge on any atom is 0.279 e. The quantitative estimate of drug-likeness (QED) is 0.296. The van der Waals surface area contributed by atoms with E-state index in [2.05, 4.69) is 5.10 Å². The summed E-state index contributed by atoms with van der Waals surface area (Å²) >= 11 is 31.0. The maximum absolute atomic E-state index is 13.3. The van der Waals surface area contributed by atoms with Gasteiger partial charge in [0, 0.05) is 22.0 Å². The molecule has 152 valence electrons. The molecule has 3 aromatic carbocycles. The van der Waals surface area contributed by atoms with Gasteiger partial charge in [0.2, 0.25) is 0 Å². The first-order chi connectivity index (χ1) is 14.3. The van der Waals surface area contributed by atoms with Crippen molar-refractivity contribution in [1.82, 2.24) is 9.78 Å². The fourth-order valence-electron chi connectivity index (χ4n) is 3.05. The SMILES string of the molecule is COc1cc(-n2nc(-c3ccc(Cl)cc3)c3cc(Cl)c(Cl)cc3c2=O)c(Cl)cc1Cl. The van der Waals surface area contributed by atoms with Crippen molar-refractivity contribution >= 4 is 68.8 Å². The van der Waals surface area contributed by atoms with E-state index in [-0.39, 0.29) is 10.0 Å².